The number of aryl methyl sites for hydroxylation is 1. The molecule has 0 spiro atoms. The molecule has 0 fully saturated rings. The lowest BCUT2D eigenvalue weighted by molar-refractivity contribution is 0.481. The van der Waals surface area contributed by atoms with Crippen LogP contribution in [0.2, 0.25) is 0 Å². The number of rotatable bonds is 0. The summed E-state index contributed by atoms with van der Waals surface area (Å²) in [4.78, 5) is 4.16. The first kappa shape index (κ1) is 7.10. The van der Waals surface area contributed by atoms with E-state index in [-0.39, 0.29) is 5.75 Å². The molecule has 2 rings (SSSR count). The number of hydrogen-bond acceptors (Lipinski definition) is 2. The summed E-state index contributed by atoms with van der Waals surface area (Å²) in [6.45, 7) is 1.95. The van der Waals surface area contributed by atoms with Gasteiger partial charge in [0, 0.05) is 11.6 Å². The fourth-order valence-electron chi connectivity index (χ4n) is 1.24. The van der Waals surface area contributed by atoms with Gasteiger partial charge in [0.25, 0.3) is 0 Å². The maximum Gasteiger partial charge on any atom is 0.126 e. The number of aromatic hydroxyl groups is 1. The molecule has 1 heterocycles. The summed E-state index contributed by atoms with van der Waals surface area (Å²) in [5.41, 5.74) is 1.87. The molecular weight excluding hydrogens is 150 g/mol. The van der Waals surface area contributed by atoms with Gasteiger partial charge in [-0.2, -0.15) is 0 Å². The molecule has 2 nitrogen and oxygen atoms in total. The Bertz CT molecular complexity index is 382. The minimum absolute atomic E-state index is 0.264. The Kier molecular flexibility index (Phi) is 1.47. The van der Waals surface area contributed by atoms with E-state index in [4.69, 9.17) is 0 Å². The highest BCUT2D eigenvalue weighted by molar-refractivity contribution is 5.86. The number of nitrogens with zero attached hydrogens (tertiary/aromatic N) is 1. The van der Waals surface area contributed by atoms with Gasteiger partial charge in [-0.05, 0) is 36.8 Å². The first-order chi connectivity index (χ1) is 5.79. The first-order valence-corrected chi connectivity index (χ1v) is 3.73. The van der Waals surface area contributed by atoms with Gasteiger partial charge in [-0.1, -0.05) is 0 Å². The Balaban J connectivity index is 2.94. The summed E-state index contributed by atoms with van der Waals surface area (Å²) in [7, 11) is 0. The monoisotopic (exact) mass is 158 g/mol. The van der Waals surface area contributed by atoms with Gasteiger partial charge < -0.3 is 5.11 Å². The van der Waals surface area contributed by atoms with Crippen LogP contribution in [0.4, 0.5) is 0 Å². The fraction of sp³-hybridized carbons (Fsp3) is 0.100. The number of benzene rings is 1. The van der Waals surface area contributed by atoms with Crippen molar-refractivity contribution in [2.45, 2.75) is 6.92 Å². The third-order valence-corrected chi connectivity index (χ3v) is 1.87. The van der Waals surface area contributed by atoms with E-state index < -0.39 is 0 Å². The smallest absolute Gasteiger partial charge is 0.126 e. The molecule has 2 heteroatoms. The summed E-state index contributed by atoms with van der Waals surface area (Å²) in [6.07, 6.45) is 1.60. The van der Waals surface area contributed by atoms with Crippen molar-refractivity contribution in [1.82, 2.24) is 4.98 Å². The number of aromatic nitrogens is 1. The second kappa shape index (κ2) is 2.48. The number of hydrogen-bond donors (Lipinski definition) is 1. The van der Waals surface area contributed by atoms with Crippen LogP contribution in [0.1, 0.15) is 5.56 Å². The van der Waals surface area contributed by atoms with Crippen LogP contribution in [-0.2, 0) is 0 Å². The van der Waals surface area contributed by atoms with Crippen LogP contribution in [-0.4, -0.2) is 10.1 Å². The minimum atomic E-state index is 0.264. The van der Waals surface area contributed by atoms with Gasteiger partial charge in [-0.3, -0.25) is 4.98 Å². The molecule has 1 aromatic carbocycles. The molecule has 59 valence electrons. The normalized spacial score (nSPS) is 10.4. The zero-order valence-corrected chi connectivity index (χ0v) is 6.70. The molecule has 0 aliphatic rings. The van der Waals surface area contributed by atoms with E-state index in [1.165, 1.54) is 0 Å². The highest BCUT2D eigenvalue weighted by Gasteiger charge is 2.00. The Hall–Kier alpha value is -1.57. The molecule has 1 N–H and O–H groups in total. The SMILES string of the molecule is Cc1c[c]cc2c(O)ccnc12. The average molecular weight is 158 g/mol. The molecule has 0 aliphatic heterocycles. The van der Waals surface area contributed by atoms with Crippen LogP contribution in [0.15, 0.2) is 24.4 Å². The molecular formula is C10H8NO. The van der Waals surface area contributed by atoms with E-state index in [1.54, 1.807) is 18.3 Å². The Morgan fingerprint density at radius 2 is 2.25 bits per heavy atom. The predicted octanol–water partition coefficient (Wildman–Crippen LogP) is 2.05. The van der Waals surface area contributed by atoms with Gasteiger partial charge in [0.1, 0.15) is 5.75 Å². The van der Waals surface area contributed by atoms with Gasteiger partial charge in [0.15, 0.2) is 0 Å². The van der Waals surface area contributed by atoms with E-state index >= 15 is 0 Å². The Morgan fingerprint density at radius 3 is 3.00 bits per heavy atom. The molecule has 0 saturated carbocycles. The van der Waals surface area contributed by atoms with Crippen molar-refractivity contribution >= 4 is 10.9 Å². The molecule has 0 amide bonds. The third-order valence-electron chi connectivity index (χ3n) is 1.87. The lowest BCUT2D eigenvalue weighted by Crippen LogP contribution is -1.82. The summed E-state index contributed by atoms with van der Waals surface area (Å²) in [6, 6.07) is 8.12. The predicted molar refractivity (Wildman–Crippen MR) is 47.0 cm³/mol. The van der Waals surface area contributed by atoms with E-state index in [0.717, 1.165) is 16.5 Å². The van der Waals surface area contributed by atoms with Crippen LogP contribution in [0.5, 0.6) is 5.75 Å². The van der Waals surface area contributed by atoms with Gasteiger partial charge in [-0.15, -0.1) is 0 Å². The molecule has 1 aromatic heterocycles. The van der Waals surface area contributed by atoms with Gasteiger partial charge >= 0.3 is 0 Å². The summed E-state index contributed by atoms with van der Waals surface area (Å²) in [5.74, 6) is 0.264. The molecule has 0 saturated heterocycles. The lowest BCUT2D eigenvalue weighted by Gasteiger charge is -2.00. The molecule has 2 aromatic rings. The Labute approximate surface area is 70.5 Å². The third kappa shape index (κ3) is 0.925. The maximum absolute atomic E-state index is 9.44. The van der Waals surface area contributed by atoms with Crippen molar-refractivity contribution in [1.29, 1.82) is 0 Å². The van der Waals surface area contributed by atoms with Crippen LogP contribution >= 0.6 is 0 Å². The van der Waals surface area contributed by atoms with Gasteiger partial charge in [-0.25, -0.2) is 0 Å². The largest absolute Gasteiger partial charge is 0.507 e. The van der Waals surface area contributed by atoms with E-state index in [2.05, 4.69) is 11.1 Å². The summed E-state index contributed by atoms with van der Waals surface area (Å²) >= 11 is 0. The number of fused-ring (bicyclic) bond motifs is 1. The summed E-state index contributed by atoms with van der Waals surface area (Å²) < 4.78 is 0. The Morgan fingerprint density at radius 1 is 1.42 bits per heavy atom. The highest BCUT2D eigenvalue weighted by Crippen LogP contribution is 2.23. The van der Waals surface area contributed by atoms with Crippen molar-refractivity contribution in [3.63, 3.8) is 0 Å². The first-order valence-electron chi connectivity index (χ1n) is 3.73. The van der Waals surface area contributed by atoms with Crippen molar-refractivity contribution in [3.05, 3.63) is 36.0 Å². The molecule has 0 unspecified atom stereocenters. The maximum atomic E-state index is 9.44. The topological polar surface area (TPSA) is 33.1 Å². The van der Waals surface area contributed by atoms with Gasteiger partial charge in [0.05, 0.1) is 5.52 Å². The standard InChI is InChI=1S/C10H8NO/c1-7-3-2-4-8-9(12)5-6-11-10(7)8/h3-6H,1H3,(H,11,12). The van der Waals surface area contributed by atoms with Crippen molar-refractivity contribution in [3.8, 4) is 5.75 Å². The molecule has 12 heavy (non-hydrogen) atoms. The summed E-state index contributed by atoms with van der Waals surface area (Å²) in [5, 5.41) is 10.2. The zero-order chi connectivity index (χ0) is 8.55. The minimum Gasteiger partial charge on any atom is -0.507 e. The second-order valence-corrected chi connectivity index (χ2v) is 2.73. The molecule has 0 atom stereocenters. The average Bonchev–Trinajstić information content (AvgIpc) is 2.07. The van der Waals surface area contributed by atoms with E-state index in [0.29, 0.717) is 0 Å². The van der Waals surface area contributed by atoms with Crippen molar-refractivity contribution < 1.29 is 5.11 Å². The van der Waals surface area contributed by atoms with Crippen LogP contribution < -0.4 is 0 Å². The van der Waals surface area contributed by atoms with Crippen LogP contribution in [0.3, 0.4) is 0 Å². The highest BCUT2D eigenvalue weighted by atomic mass is 16.3. The lowest BCUT2D eigenvalue weighted by atomic mass is 10.1. The van der Waals surface area contributed by atoms with Crippen molar-refractivity contribution in [2.24, 2.45) is 0 Å². The van der Waals surface area contributed by atoms with Gasteiger partial charge in [0.2, 0.25) is 0 Å². The van der Waals surface area contributed by atoms with Crippen molar-refractivity contribution in [2.75, 3.05) is 0 Å². The van der Waals surface area contributed by atoms with Crippen LogP contribution in [0.25, 0.3) is 10.9 Å². The second-order valence-electron chi connectivity index (χ2n) is 2.73. The fourth-order valence-corrected chi connectivity index (χ4v) is 1.24. The number of pyridine rings is 1. The molecule has 1 radical (unpaired) electrons. The molecule has 0 bridgehead atoms. The quantitative estimate of drug-likeness (QED) is 0.636. The van der Waals surface area contributed by atoms with Crippen LogP contribution in [0, 0.1) is 13.0 Å². The van der Waals surface area contributed by atoms with E-state index in [1.807, 2.05) is 13.0 Å². The zero-order valence-electron chi connectivity index (χ0n) is 6.70. The van der Waals surface area contributed by atoms with E-state index in [9.17, 15) is 5.11 Å². The molecule has 0 aliphatic carbocycles.